The quantitative estimate of drug-likeness (QED) is 0.0270. The molecule has 2 heterocycles. The fourth-order valence-corrected chi connectivity index (χ4v) is 12.7. The topological polar surface area (TPSA) is 207 Å². The summed E-state index contributed by atoms with van der Waals surface area (Å²) in [6.07, 6.45) is 10.1. The molecule has 0 saturated carbocycles. The number of methoxy groups -OCH3 is 1. The Morgan fingerprint density at radius 1 is 0.451 bits per heavy atom. The molecule has 13 aromatic carbocycles. The first-order valence-electron chi connectivity index (χ1n) is 35.4. The van der Waals surface area contributed by atoms with Gasteiger partial charge in [-0.05, 0) is 181 Å². The molecule has 113 heavy (non-hydrogen) atoms. The van der Waals surface area contributed by atoms with Crippen molar-refractivity contribution in [1.29, 1.82) is 5.26 Å². The van der Waals surface area contributed by atoms with E-state index in [1.165, 1.54) is 32.3 Å². The van der Waals surface area contributed by atoms with Gasteiger partial charge in [0.25, 0.3) is 0 Å². The summed E-state index contributed by atoms with van der Waals surface area (Å²) < 4.78 is 17.0. The van der Waals surface area contributed by atoms with Crippen molar-refractivity contribution in [1.82, 2.24) is 4.98 Å². The molecular weight excluding hydrogens is 1450 g/mol. The maximum atomic E-state index is 12.4. The number of carbonyl (C=O) groups excluding carboxylic acids is 6. The molecule has 15 aromatic rings. The highest BCUT2D eigenvalue weighted by atomic mass is 32.1. The molecule has 0 aliphatic rings. The summed E-state index contributed by atoms with van der Waals surface area (Å²) in [5, 5.41) is 33.5. The first-order valence-corrected chi connectivity index (χ1v) is 37.1. The number of thiazole rings is 1. The number of aliphatic hydroxyl groups is 2. The van der Waals surface area contributed by atoms with Gasteiger partial charge in [-0.3, -0.25) is 19.2 Å². The van der Waals surface area contributed by atoms with Gasteiger partial charge in [-0.2, -0.15) is 5.26 Å². The zero-order valence-corrected chi connectivity index (χ0v) is 63.6. The van der Waals surface area contributed by atoms with Crippen molar-refractivity contribution >= 4 is 110 Å². The van der Waals surface area contributed by atoms with Crippen LogP contribution in [-0.2, 0) is 13.2 Å². The van der Waals surface area contributed by atoms with Gasteiger partial charge in [0, 0.05) is 38.3 Å². The molecule has 0 fully saturated rings. The first kappa shape index (κ1) is 82.8. The number of rotatable bonds is 18. The number of esters is 2. The number of hydrogen-bond acceptors (Lipinski definition) is 15. The van der Waals surface area contributed by atoms with Gasteiger partial charge in [-0.25, -0.2) is 14.6 Å². The van der Waals surface area contributed by atoms with E-state index in [4.69, 9.17) is 29.7 Å². The largest absolute Gasteiger partial charge is 0.496 e. The Balaban J connectivity index is 0.000000153. The van der Waals surface area contributed by atoms with E-state index < -0.39 is 11.9 Å². The molecule has 15 heteroatoms. The molecular formula is C98H78N2O11S2. The van der Waals surface area contributed by atoms with Crippen LogP contribution in [0.5, 0.6) is 17.2 Å². The SMILES string of the molecule is C=C/C(C#N)=C/c1ccc(CO)cc1.C=Cc1ccc(-c2ccccc2)cc1.C=Cc1ccc(-c2nc3ccccc3s2)cc1.COc1c(C)cc(C=O)cc1CO.O=Cc1ccc(-c2cccs2)cc1.O=Cc1ccc(OC(=O)c2ccccc2)cc1.O=Cc1ccc2cc(OC(=O)c3ccc4ccccc4c3)ccc2c1. The second-order valence-corrected chi connectivity index (χ2v) is 26.6. The fourth-order valence-electron chi connectivity index (χ4n) is 11.0. The number of hydrogen-bond donors (Lipinski definition) is 2. The van der Waals surface area contributed by atoms with Crippen molar-refractivity contribution in [2.45, 2.75) is 20.1 Å². The maximum absolute atomic E-state index is 12.4. The van der Waals surface area contributed by atoms with Crippen LogP contribution in [0.4, 0.5) is 0 Å². The number of aromatic nitrogens is 1. The van der Waals surface area contributed by atoms with E-state index in [1.807, 2.05) is 164 Å². The summed E-state index contributed by atoms with van der Waals surface area (Å²) in [5.74, 6) is 0.737. The Bertz CT molecular complexity index is 5720. The van der Waals surface area contributed by atoms with Crippen LogP contribution in [0.3, 0.4) is 0 Å². The Morgan fingerprint density at radius 3 is 1.54 bits per heavy atom. The highest BCUT2D eigenvalue weighted by Crippen LogP contribution is 2.32. The molecule has 0 aliphatic heterocycles. The summed E-state index contributed by atoms with van der Waals surface area (Å²) in [7, 11) is 1.54. The minimum absolute atomic E-state index is 0.0383. The van der Waals surface area contributed by atoms with Crippen LogP contribution in [0.15, 0.2) is 346 Å². The highest BCUT2D eigenvalue weighted by Gasteiger charge is 2.13. The van der Waals surface area contributed by atoms with Gasteiger partial charge in [-0.15, -0.1) is 22.7 Å². The zero-order chi connectivity index (χ0) is 80.1. The monoisotopic (exact) mass is 1520 g/mol. The number of aldehydes is 4. The van der Waals surface area contributed by atoms with Crippen LogP contribution in [0.25, 0.3) is 82.1 Å². The third-order valence-electron chi connectivity index (χ3n) is 16.9. The summed E-state index contributed by atoms with van der Waals surface area (Å²) in [5.41, 5.74) is 15.5. The lowest BCUT2D eigenvalue weighted by Gasteiger charge is -2.09. The average Bonchev–Trinajstić information content (AvgIpc) is 1.62. The van der Waals surface area contributed by atoms with Crippen molar-refractivity contribution in [3.05, 3.63) is 413 Å². The predicted molar refractivity (Wildman–Crippen MR) is 459 cm³/mol. The number of benzene rings is 13. The Morgan fingerprint density at radius 2 is 0.956 bits per heavy atom. The summed E-state index contributed by atoms with van der Waals surface area (Å²) >= 11 is 3.43. The molecule has 0 unspecified atom stereocenters. The van der Waals surface area contributed by atoms with Crippen LogP contribution >= 0.6 is 22.7 Å². The average molecular weight is 1520 g/mol. The van der Waals surface area contributed by atoms with E-state index >= 15 is 0 Å². The molecule has 0 radical (unpaired) electrons. The smallest absolute Gasteiger partial charge is 0.343 e. The number of allylic oxidation sites excluding steroid dienone is 2. The number of fused-ring (bicyclic) bond motifs is 3. The normalized spacial score (nSPS) is 10.2. The molecule has 0 amide bonds. The molecule has 0 atom stereocenters. The molecule has 0 bridgehead atoms. The third-order valence-corrected chi connectivity index (χ3v) is 18.9. The number of nitriles is 1. The highest BCUT2D eigenvalue weighted by molar-refractivity contribution is 7.21. The van der Waals surface area contributed by atoms with E-state index in [9.17, 15) is 28.8 Å². The lowest BCUT2D eigenvalue weighted by atomic mass is 10.0. The van der Waals surface area contributed by atoms with Gasteiger partial charge in [-0.1, -0.05) is 250 Å². The van der Waals surface area contributed by atoms with E-state index in [-0.39, 0.29) is 13.2 Å². The van der Waals surface area contributed by atoms with Gasteiger partial charge >= 0.3 is 11.9 Å². The van der Waals surface area contributed by atoms with Crippen LogP contribution < -0.4 is 14.2 Å². The second kappa shape index (κ2) is 43.7. The van der Waals surface area contributed by atoms with Crippen LogP contribution in [0.1, 0.15) is 95.5 Å². The van der Waals surface area contributed by atoms with E-state index in [0.29, 0.717) is 56.2 Å². The zero-order valence-electron chi connectivity index (χ0n) is 62.0. The van der Waals surface area contributed by atoms with Gasteiger partial charge in [0.05, 0.1) is 53.3 Å². The van der Waals surface area contributed by atoms with Crippen LogP contribution in [0, 0.1) is 18.3 Å². The number of para-hydroxylation sites is 1. The molecule has 15 rings (SSSR count). The molecule has 0 spiro atoms. The minimum atomic E-state index is -0.413. The summed E-state index contributed by atoms with van der Waals surface area (Å²) in [4.78, 5) is 72.2. The molecule has 558 valence electrons. The number of thiophene rings is 1. The molecule has 0 aliphatic carbocycles. The van der Waals surface area contributed by atoms with Crippen molar-refractivity contribution in [3.8, 4) is 55.5 Å². The molecule has 13 nitrogen and oxygen atoms in total. The number of aryl methyl sites for hydroxylation is 1. The lowest BCUT2D eigenvalue weighted by Crippen LogP contribution is -2.08. The maximum Gasteiger partial charge on any atom is 0.343 e. The number of carbonyl (C=O) groups is 6. The van der Waals surface area contributed by atoms with E-state index in [1.54, 1.807) is 127 Å². The van der Waals surface area contributed by atoms with Gasteiger partial charge < -0.3 is 24.4 Å². The van der Waals surface area contributed by atoms with E-state index in [0.717, 1.165) is 96.2 Å². The fraction of sp³-hybridized carbons (Fsp3) is 0.0408. The predicted octanol–water partition coefficient (Wildman–Crippen LogP) is 23.2. The van der Waals surface area contributed by atoms with Crippen molar-refractivity contribution in [2.24, 2.45) is 0 Å². The molecule has 0 saturated heterocycles. The first-order chi connectivity index (χ1) is 55.2. The minimum Gasteiger partial charge on any atom is -0.496 e. The van der Waals surface area contributed by atoms with Crippen molar-refractivity contribution in [2.75, 3.05) is 7.11 Å². The second-order valence-electron chi connectivity index (χ2n) is 24.6. The standard InChI is InChI=1S/C22H14O3.C15H11NS.C14H10O3.C14H12.C12H11NO.C11H8OS.C10H12O3/c23-14-15-5-6-19-13-21(10-9-18(19)11-15)25-22(24)20-8-7-16-3-1-2-4-17(16)12-20;1-2-11-7-9-12(10-8-11)15-16-13-5-3-4-6-14(13)17-15;15-10-11-6-8-13(9-7-11)17-14(16)12-4-2-1-3-5-12;1-2-12-8-10-14(11-9-12)13-6-4-3-5-7-13;1-2-10(8-13)7-11-3-5-12(9-14)6-4-11;12-8-9-3-5-10(6-4-9)11-2-1-7-13-11;1-7-3-8(5-11)4-9(6-12)10(7)13-2/h1-14H;2-10H,1H2;1-10H;2-11H,1H2;2-7,14H,1,9H2;1-8H;3-5,12H,6H2,1-2H3/b;;;;10-7-;;. The molecule has 2 N–H and O–H groups in total. The Labute approximate surface area is 664 Å². The van der Waals surface area contributed by atoms with Gasteiger partial charge in [0.15, 0.2) is 0 Å². The van der Waals surface area contributed by atoms with Crippen molar-refractivity contribution < 1.29 is 53.2 Å². The third kappa shape index (κ3) is 24.9. The van der Waals surface area contributed by atoms with E-state index in [2.05, 4.69) is 110 Å². The van der Waals surface area contributed by atoms with Crippen LogP contribution in [0.2, 0.25) is 0 Å². The number of ether oxygens (including phenoxy) is 3. The number of aliphatic hydroxyl groups excluding tert-OH is 2. The number of nitrogens with zero attached hydrogens (tertiary/aromatic N) is 2. The Hall–Kier alpha value is -14.2. The Kier molecular flexibility index (Phi) is 32.0. The summed E-state index contributed by atoms with van der Waals surface area (Å²) in [6, 6.07) is 98.9. The lowest BCUT2D eigenvalue weighted by molar-refractivity contribution is 0.0725. The van der Waals surface area contributed by atoms with Crippen molar-refractivity contribution in [3.63, 3.8) is 0 Å². The summed E-state index contributed by atoms with van der Waals surface area (Å²) in [6.45, 7) is 12.8. The van der Waals surface area contributed by atoms with Crippen LogP contribution in [-0.4, -0.2) is 59.4 Å². The molecule has 2 aromatic heterocycles. The van der Waals surface area contributed by atoms with Gasteiger partial charge in [0.1, 0.15) is 47.4 Å². The van der Waals surface area contributed by atoms with Gasteiger partial charge in [0.2, 0.25) is 0 Å².